The van der Waals surface area contributed by atoms with Crippen molar-refractivity contribution in [1.29, 1.82) is 0 Å². The molecular weight excluding hydrogens is 280 g/mol. The van der Waals surface area contributed by atoms with Gasteiger partial charge in [0.1, 0.15) is 23.6 Å². The minimum absolute atomic E-state index is 0.0737. The van der Waals surface area contributed by atoms with Crippen LogP contribution < -0.4 is 16.4 Å². The molecule has 1 aromatic carbocycles. The maximum Gasteiger partial charge on any atom is 0.159 e. The zero-order valence-electron chi connectivity index (χ0n) is 11.4. The predicted octanol–water partition coefficient (Wildman–Crippen LogP) is 2.14. The number of benzene rings is 1. The summed E-state index contributed by atoms with van der Waals surface area (Å²) in [5, 5.41) is 5.68. The molecule has 0 aliphatic heterocycles. The van der Waals surface area contributed by atoms with Gasteiger partial charge in [-0.25, -0.2) is 18.7 Å². The summed E-state index contributed by atoms with van der Waals surface area (Å²) >= 11 is 0. The number of halogens is 2. The van der Waals surface area contributed by atoms with Crippen LogP contribution in [0.25, 0.3) is 0 Å². The van der Waals surface area contributed by atoms with Crippen molar-refractivity contribution in [3.8, 4) is 0 Å². The van der Waals surface area contributed by atoms with Crippen LogP contribution in [0.2, 0.25) is 0 Å². The van der Waals surface area contributed by atoms with Crippen molar-refractivity contribution in [3.63, 3.8) is 0 Å². The van der Waals surface area contributed by atoms with Crippen molar-refractivity contribution in [3.05, 3.63) is 36.2 Å². The Kier molecular flexibility index (Phi) is 4.83. The normalized spacial score (nSPS) is 10.4. The average Bonchev–Trinajstić information content (AvgIpc) is 2.46. The Morgan fingerprint density at radius 2 is 2.00 bits per heavy atom. The van der Waals surface area contributed by atoms with Crippen LogP contribution in [-0.4, -0.2) is 30.2 Å². The van der Waals surface area contributed by atoms with E-state index in [9.17, 15) is 8.78 Å². The lowest BCUT2D eigenvalue weighted by Gasteiger charge is -2.12. The van der Waals surface area contributed by atoms with Gasteiger partial charge in [-0.2, -0.15) is 0 Å². The van der Waals surface area contributed by atoms with Gasteiger partial charge in [0.05, 0.1) is 12.3 Å². The first-order chi connectivity index (χ1) is 10.1. The Morgan fingerprint density at radius 1 is 1.24 bits per heavy atom. The fourth-order valence-electron chi connectivity index (χ4n) is 1.63. The summed E-state index contributed by atoms with van der Waals surface area (Å²) in [6.07, 6.45) is 1.29. The summed E-state index contributed by atoms with van der Waals surface area (Å²) < 4.78 is 31.4. The maximum atomic E-state index is 13.6. The highest BCUT2D eigenvalue weighted by Crippen LogP contribution is 2.27. The molecule has 0 aliphatic carbocycles. The highest BCUT2D eigenvalue weighted by Gasteiger charge is 2.10. The molecule has 0 spiro atoms. The Morgan fingerprint density at radius 3 is 2.71 bits per heavy atom. The van der Waals surface area contributed by atoms with Gasteiger partial charge in [0.15, 0.2) is 11.6 Å². The molecule has 4 N–H and O–H groups in total. The van der Waals surface area contributed by atoms with E-state index in [0.29, 0.717) is 19.0 Å². The lowest BCUT2D eigenvalue weighted by Crippen LogP contribution is -2.12. The lowest BCUT2D eigenvalue weighted by atomic mass is 10.3. The van der Waals surface area contributed by atoms with Gasteiger partial charge in [-0.3, -0.25) is 0 Å². The molecule has 0 fully saturated rings. The molecule has 8 heteroatoms. The molecule has 0 radical (unpaired) electrons. The molecule has 0 aliphatic rings. The predicted molar refractivity (Wildman–Crippen MR) is 76.5 cm³/mol. The van der Waals surface area contributed by atoms with Crippen LogP contribution >= 0.6 is 0 Å². The van der Waals surface area contributed by atoms with Crippen molar-refractivity contribution in [2.24, 2.45) is 0 Å². The van der Waals surface area contributed by atoms with Gasteiger partial charge in [0.2, 0.25) is 0 Å². The fraction of sp³-hybridized carbons (Fsp3) is 0.231. The summed E-state index contributed by atoms with van der Waals surface area (Å²) in [6.45, 7) is 1.00. The lowest BCUT2D eigenvalue weighted by molar-refractivity contribution is 0.210. The summed E-state index contributed by atoms with van der Waals surface area (Å²) in [5.41, 5.74) is 6.21. The minimum Gasteiger partial charge on any atom is -0.393 e. The highest BCUT2D eigenvalue weighted by atomic mass is 19.1. The van der Waals surface area contributed by atoms with E-state index in [0.717, 1.165) is 12.1 Å². The Balaban J connectivity index is 2.18. The summed E-state index contributed by atoms with van der Waals surface area (Å²) in [4.78, 5) is 7.94. The van der Waals surface area contributed by atoms with Gasteiger partial charge < -0.3 is 21.1 Å². The second kappa shape index (κ2) is 6.80. The van der Waals surface area contributed by atoms with Gasteiger partial charge in [-0.05, 0) is 12.1 Å². The van der Waals surface area contributed by atoms with E-state index in [-0.39, 0.29) is 17.2 Å². The van der Waals surface area contributed by atoms with E-state index in [1.807, 2.05) is 0 Å². The smallest absolute Gasteiger partial charge is 0.159 e. The molecular formula is C13H15F2N5O. The van der Waals surface area contributed by atoms with E-state index in [2.05, 4.69) is 20.6 Å². The molecule has 0 saturated heterocycles. The van der Waals surface area contributed by atoms with Gasteiger partial charge in [-0.15, -0.1) is 0 Å². The van der Waals surface area contributed by atoms with Crippen molar-refractivity contribution in [2.75, 3.05) is 36.6 Å². The number of nitrogens with one attached hydrogen (secondary N) is 2. The third-order valence-corrected chi connectivity index (χ3v) is 2.67. The standard InChI is InChI=1S/C13H15F2N5O/c1-21-5-4-17-12-11(16)13(19-7-18-12)20-10-3-2-8(14)6-9(10)15/h2-3,6-7H,4-5,16H2,1H3,(H2,17,18,19,20). The number of aromatic nitrogens is 2. The van der Waals surface area contributed by atoms with E-state index < -0.39 is 11.6 Å². The quantitative estimate of drug-likeness (QED) is 0.708. The molecule has 0 unspecified atom stereocenters. The van der Waals surface area contributed by atoms with Crippen LogP contribution in [0.15, 0.2) is 24.5 Å². The Hall–Kier alpha value is -2.48. The SMILES string of the molecule is COCCNc1ncnc(Nc2ccc(F)cc2F)c1N. The summed E-state index contributed by atoms with van der Waals surface area (Å²) in [5.74, 6) is -0.750. The van der Waals surface area contributed by atoms with E-state index in [1.54, 1.807) is 7.11 Å². The topological polar surface area (TPSA) is 85.1 Å². The first-order valence-corrected chi connectivity index (χ1v) is 6.17. The van der Waals surface area contributed by atoms with Crippen molar-refractivity contribution in [2.45, 2.75) is 0 Å². The minimum atomic E-state index is -0.734. The number of hydrogen-bond acceptors (Lipinski definition) is 6. The molecule has 21 heavy (non-hydrogen) atoms. The number of hydrogen-bond donors (Lipinski definition) is 3. The number of rotatable bonds is 6. The molecule has 2 aromatic rings. The summed E-state index contributed by atoms with van der Waals surface area (Å²) in [6, 6.07) is 3.18. The van der Waals surface area contributed by atoms with Crippen LogP contribution in [0, 0.1) is 11.6 Å². The molecule has 112 valence electrons. The van der Waals surface area contributed by atoms with Crippen molar-refractivity contribution >= 4 is 23.0 Å². The number of nitrogens with zero attached hydrogens (tertiary/aromatic N) is 2. The molecule has 0 amide bonds. The van der Waals surface area contributed by atoms with Crippen LogP contribution in [0.1, 0.15) is 0 Å². The Labute approximate surface area is 120 Å². The van der Waals surface area contributed by atoms with Crippen LogP contribution in [0.3, 0.4) is 0 Å². The molecule has 6 nitrogen and oxygen atoms in total. The second-order valence-corrected chi connectivity index (χ2v) is 4.15. The zero-order chi connectivity index (χ0) is 15.2. The third kappa shape index (κ3) is 3.76. The molecule has 1 heterocycles. The molecule has 2 rings (SSSR count). The third-order valence-electron chi connectivity index (χ3n) is 2.67. The fourth-order valence-corrected chi connectivity index (χ4v) is 1.63. The van der Waals surface area contributed by atoms with Gasteiger partial charge in [-0.1, -0.05) is 0 Å². The molecule has 0 saturated carbocycles. The number of ether oxygens (including phenoxy) is 1. The molecule has 0 bridgehead atoms. The monoisotopic (exact) mass is 295 g/mol. The van der Waals surface area contributed by atoms with Gasteiger partial charge >= 0.3 is 0 Å². The second-order valence-electron chi connectivity index (χ2n) is 4.15. The van der Waals surface area contributed by atoms with E-state index in [1.165, 1.54) is 12.4 Å². The highest BCUT2D eigenvalue weighted by molar-refractivity contribution is 5.77. The molecule has 0 atom stereocenters. The van der Waals surface area contributed by atoms with Crippen LogP contribution in [-0.2, 0) is 4.74 Å². The number of nitrogen functional groups attached to an aromatic ring is 1. The number of methoxy groups -OCH3 is 1. The van der Waals surface area contributed by atoms with Crippen molar-refractivity contribution < 1.29 is 13.5 Å². The van der Waals surface area contributed by atoms with E-state index in [4.69, 9.17) is 10.5 Å². The number of nitrogens with two attached hydrogens (primary N) is 1. The first kappa shape index (κ1) is 14.9. The van der Waals surface area contributed by atoms with Crippen LogP contribution in [0.4, 0.5) is 31.8 Å². The summed E-state index contributed by atoms with van der Waals surface area (Å²) in [7, 11) is 1.58. The zero-order valence-corrected chi connectivity index (χ0v) is 11.4. The average molecular weight is 295 g/mol. The van der Waals surface area contributed by atoms with Gasteiger partial charge in [0.25, 0.3) is 0 Å². The number of anilines is 4. The van der Waals surface area contributed by atoms with E-state index >= 15 is 0 Å². The van der Waals surface area contributed by atoms with Crippen molar-refractivity contribution in [1.82, 2.24) is 9.97 Å². The maximum absolute atomic E-state index is 13.6. The Bertz CT molecular complexity index is 624. The first-order valence-electron chi connectivity index (χ1n) is 6.17. The van der Waals surface area contributed by atoms with Gasteiger partial charge in [0, 0.05) is 19.7 Å². The largest absolute Gasteiger partial charge is 0.393 e. The van der Waals surface area contributed by atoms with Crippen LogP contribution in [0.5, 0.6) is 0 Å². The molecule has 1 aromatic heterocycles.